The molecule has 0 bridgehead atoms. The number of nitrogens with one attached hydrogen (secondary N) is 1. The number of amides is 1. The van der Waals surface area contributed by atoms with Gasteiger partial charge in [-0.05, 0) is 38.8 Å². The molecule has 2 heterocycles. The fourth-order valence-electron chi connectivity index (χ4n) is 3.11. The van der Waals surface area contributed by atoms with E-state index in [2.05, 4.69) is 15.3 Å². The van der Waals surface area contributed by atoms with Gasteiger partial charge in [-0.3, -0.25) is 9.78 Å². The highest BCUT2D eigenvalue weighted by atomic mass is 32.1. The predicted molar refractivity (Wildman–Crippen MR) is 95.4 cm³/mol. The highest BCUT2D eigenvalue weighted by Gasteiger charge is 2.44. The van der Waals surface area contributed by atoms with Gasteiger partial charge in [0, 0.05) is 6.20 Å². The molecule has 0 aliphatic heterocycles. The maximum atomic E-state index is 12.8. The molecule has 0 saturated heterocycles. The van der Waals surface area contributed by atoms with E-state index < -0.39 is 5.54 Å². The van der Waals surface area contributed by atoms with Crippen molar-refractivity contribution in [1.82, 2.24) is 15.3 Å². The molecule has 2 aromatic rings. The molecule has 1 aliphatic carbocycles. The van der Waals surface area contributed by atoms with E-state index in [1.165, 1.54) is 11.3 Å². The van der Waals surface area contributed by atoms with Crippen molar-refractivity contribution < 1.29 is 14.3 Å². The number of thiazole rings is 1. The second kappa shape index (κ2) is 7.31. The topological polar surface area (TPSA) is 81.2 Å². The lowest BCUT2D eigenvalue weighted by molar-refractivity contribution is -0.150. The van der Waals surface area contributed by atoms with Crippen LogP contribution in [0.15, 0.2) is 24.4 Å². The van der Waals surface area contributed by atoms with Gasteiger partial charge in [-0.2, -0.15) is 0 Å². The van der Waals surface area contributed by atoms with E-state index in [9.17, 15) is 9.59 Å². The zero-order valence-electron chi connectivity index (χ0n) is 14.4. The van der Waals surface area contributed by atoms with Crippen molar-refractivity contribution in [3.63, 3.8) is 0 Å². The lowest BCUT2D eigenvalue weighted by Gasteiger charge is -2.27. The predicted octanol–water partition coefficient (Wildman–Crippen LogP) is 3.12. The molecular weight excluding hydrogens is 338 g/mol. The number of hydrogen-bond donors (Lipinski definition) is 1. The Hall–Kier alpha value is -2.28. The van der Waals surface area contributed by atoms with E-state index >= 15 is 0 Å². The molecule has 132 valence electrons. The van der Waals surface area contributed by atoms with Crippen LogP contribution >= 0.6 is 11.3 Å². The Labute approximate surface area is 150 Å². The average Bonchev–Trinajstić information content (AvgIpc) is 3.23. The molecule has 0 atom stereocenters. The first-order valence-corrected chi connectivity index (χ1v) is 9.26. The molecular formula is C18H21N3O3S. The van der Waals surface area contributed by atoms with Crippen LogP contribution in [0.25, 0.3) is 10.7 Å². The molecule has 1 amide bonds. The van der Waals surface area contributed by atoms with Crippen molar-refractivity contribution in [2.24, 2.45) is 0 Å². The number of carbonyl (C=O) groups is 2. The van der Waals surface area contributed by atoms with Gasteiger partial charge in [0.05, 0.1) is 18.0 Å². The molecule has 1 fully saturated rings. The van der Waals surface area contributed by atoms with E-state index in [4.69, 9.17) is 4.74 Å². The van der Waals surface area contributed by atoms with Crippen molar-refractivity contribution in [3.05, 3.63) is 35.0 Å². The minimum absolute atomic E-state index is 0.271. The number of aryl methyl sites for hydroxylation is 1. The Morgan fingerprint density at radius 1 is 1.32 bits per heavy atom. The summed E-state index contributed by atoms with van der Waals surface area (Å²) in [6.07, 6.45) is 4.73. The third-order valence-corrected chi connectivity index (χ3v) is 5.54. The summed E-state index contributed by atoms with van der Waals surface area (Å²) in [6.45, 7) is 3.87. The number of carbonyl (C=O) groups excluding carboxylic acids is 2. The SMILES string of the molecule is CCOC(=O)C1(NC(=O)c2sc(-c3ccccn3)nc2C)CCCC1. The van der Waals surface area contributed by atoms with Gasteiger partial charge in [-0.15, -0.1) is 11.3 Å². The van der Waals surface area contributed by atoms with Gasteiger partial charge in [0.2, 0.25) is 0 Å². The molecule has 0 spiro atoms. The van der Waals surface area contributed by atoms with Crippen molar-refractivity contribution in [1.29, 1.82) is 0 Å². The van der Waals surface area contributed by atoms with Gasteiger partial charge in [-0.25, -0.2) is 9.78 Å². The first-order valence-electron chi connectivity index (χ1n) is 8.44. The molecule has 0 radical (unpaired) electrons. The number of esters is 1. The molecule has 3 rings (SSSR count). The lowest BCUT2D eigenvalue weighted by atomic mass is 9.97. The summed E-state index contributed by atoms with van der Waals surface area (Å²) in [5.41, 5.74) is 0.463. The fraction of sp³-hybridized carbons (Fsp3) is 0.444. The lowest BCUT2D eigenvalue weighted by Crippen LogP contribution is -2.53. The number of rotatable bonds is 5. The van der Waals surface area contributed by atoms with Gasteiger partial charge in [0.1, 0.15) is 15.4 Å². The van der Waals surface area contributed by atoms with Gasteiger partial charge in [-0.1, -0.05) is 18.9 Å². The van der Waals surface area contributed by atoms with E-state index in [1.807, 2.05) is 18.2 Å². The quantitative estimate of drug-likeness (QED) is 0.830. The first-order chi connectivity index (χ1) is 12.1. The van der Waals surface area contributed by atoms with E-state index in [-0.39, 0.29) is 11.9 Å². The van der Waals surface area contributed by atoms with E-state index in [1.54, 1.807) is 20.0 Å². The number of pyridine rings is 1. The van der Waals surface area contributed by atoms with Gasteiger partial charge < -0.3 is 10.1 Å². The minimum Gasteiger partial charge on any atom is -0.464 e. The van der Waals surface area contributed by atoms with Crippen LogP contribution < -0.4 is 5.32 Å². The van der Waals surface area contributed by atoms with Crippen molar-refractivity contribution in [3.8, 4) is 10.7 Å². The van der Waals surface area contributed by atoms with Gasteiger partial charge >= 0.3 is 5.97 Å². The van der Waals surface area contributed by atoms with Gasteiger partial charge in [0.25, 0.3) is 5.91 Å². The summed E-state index contributed by atoms with van der Waals surface area (Å²) in [7, 11) is 0. The molecule has 0 aromatic carbocycles. The van der Waals surface area contributed by atoms with Crippen LogP contribution in [0.4, 0.5) is 0 Å². The van der Waals surface area contributed by atoms with E-state index in [0.717, 1.165) is 18.5 Å². The molecule has 0 unspecified atom stereocenters. The third-order valence-electron chi connectivity index (χ3n) is 4.36. The van der Waals surface area contributed by atoms with Crippen LogP contribution in [-0.2, 0) is 9.53 Å². The standard InChI is InChI=1S/C18H21N3O3S/c1-3-24-17(23)18(9-5-6-10-18)21-15(22)14-12(2)20-16(25-14)13-8-4-7-11-19-13/h4,7-8,11H,3,5-6,9-10H2,1-2H3,(H,21,22). The first kappa shape index (κ1) is 17.5. The summed E-state index contributed by atoms with van der Waals surface area (Å²) in [5, 5.41) is 3.63. The Morgan fingerprint density at radius 3 is 2.72 bits per heavy atom. The molecule has 1 aliphatic rings. The Morgan fingerprint density at radius 2 is 2.08 bits per heavy atom. The fourth-order valence-corrected chi connectivity index (χ4v) is 4.05. The average molecular weight is 359 g/mol. The second-order valence-electron chi connectivity index (χ2n) is 6.11. The number of hydrogen-bond acceptors (Lipinski definition) is 6. The molecule has 2 aromatic heterocycles. The zero-order chi connectivity index (χ0) is 17.9. The normalized spacial score (nSPS) is 15.8. The molecule has 25 heavy (non-hydrogen) atoms. The molecule has 7 heteroatoms. The summed E-state index contributed by atoms with van der Waals surface area (Å²) in [6, 6.07) is 5.57. The Balaban J connectivity index is 1.83. The van der Waals surface area contributed by atoms with Crippen LogP contribution in [0.2, 0.25) is 0 Å². The molecule has 6 nitrogen and oxygen atoms in total. The Bertz CT molecular complexity index is 767. The molecule has 1 N–H and O–H groups in total. The molecule has 1 saturated carbocycles. The summed E-state index contributed by atoms with van der Waals surface area (Å²) < 4.78 is 5.19. The van der Waals surface area contributed by atoms with Crippen molar-refractivity contribution in [2.45, 2.75) is 45.1 Å². The van der Waals surface area contributed by atoms with Crippen LogP contribution in [0, 0.1) is 6.92 Å². The number of aromatic nitrogens is 2. The third kappa shape index (κ3) is 3.56. The summed E-state index contributed by atoms with van der Waals surface area (Å²) in [5.74, 6) is -0.611. The van der Waals surface area contributed by atoms with Crippen LogP contribution in [0.5, 0.6) is 0 Å². The summed E-state index contributed by atoms with van der Waals surface area (Å²) >= 11 is 1.29. The zero-order valence-corrected chi connectivity index (χ0v) is 15.2. The van der Waals surface area contributed by atoms with Crippen molar-refractivity contribution in [2.75, 3.05) is 6.61 Å². The van der Waals surface area contributed by atoms with Crippen LogP contribution in [0.3, 0.4) is 0 Å². The monoisotopic (exact) mass is 359 g/mol. The Kier molecular flexibility index (Phi) is 5.13. The largest absolute Gasteiger partial charge is 0.464 e. The van der Waals surface area contributed by atoms with Crippen molar-refractivity contribution >= 4 is 23.2 Å². The van der Waals surface area contributed by atoms with Gasteiger partial charge in [0.15, 0.2) is 0 Å². The minimum atomic E-state index is -0.908. The number of ether oxygens (including phenoxy) is 1. The summed E-state index contributed by atoms with van der Waals surface area (Å²) in [4.78, 5) is 34.4. The van der Waals surface area contributed by atoms with E-state index in [0.29, 0.717) is 35.0 Å². The second-order valence-corrected chi connectivity index (χ2v) is 7.11. The smallest absolute Gasteiger partial charge is 0.331 e. The highest BCUT2D eigenvalue weighted by Crippen LogP contribution is 2.33. The maximum absolute atomic E-state index is 12.8. The van der Waals surface area contributed by atoms with Crippen LogP contribution in [-0.4, -0.2) is 34.0 Å². The highest BCUT2D eigenvalue weighted by molar-refractivity contribution is 7.17. The number of nitrogens with zero attached hydrogens (tertiary/aromatic N) is 2. The van der Waals surface area contributed by atoms with Crippen LogP contribution in [0.1, 0.15) is 48.0 Å². The maximum Gasteiger partial charge on any atom is 0.331 e.